The van der Waals surface area contributed by atoms with Gasteiger partial charge in [0, 0.05) is 107 Å². The molecule has 0 heterocycles. The quantitative estimate of drug-likeness (QED) is 0.0472. The Morgan fingerprint density at radius 2 is 0.725 bits per heavy atom. The van der Waals surface area contributed by atoms with Crippen molar-refractivity contribution in [3.63, 3.8) is 0 Å². The maximum Gasteiger partial charge on any atom is 0.252 e. The maximum atomic E-state index is 13.2. The Kier molecular flexibility index (Phi) is 7.97. The molecule has 204 valence electrons. The summed E-state index contributed by atoms with van der Waals surface area (Å²) in [6.07, 6.45) is 1.21. The third kappa shape index (κ3) is 3.76. The zero-order chi connectivity index (χ0) is 29.5. The van der Waals surface area contributed by atoms with Gasteiger partial charge in [-0.1, -0.05) is 0 Å². The first-order chi connectivity index (χ1) is 18.9. The van der Waals surface area contributed by atoms with Crippen LogP contribution in [0, 0.1) is 0 Å². The van der Waals surface area contributed by atoms with E-state index in [9.17, 15) is 19.2 Å². The third-order valence-corrected chi connectivity index (χ3v) is 11.3. The minimum Gasteiger partial charge on any atom is -0.355 e. The SMILES string of the molecule is CNC(=O)c1c(S)c(S)c2c3c(S)c(S)c(C(=O)NC)c4c(C=O)c(S)c(S)c(c5c(S)c(S)c(C=O)c1c52)c43. The van der Waals surface area contributed by atoms with Crippen molar-refractivity contribution in [2.75, 3.05) is 14.1 Å². The van der Waals surface area contributed by atoms with E-state index in [1.54, 1.807) is 0 Å². The van der Waals surface area contributed by atoms with Crippen molar-refractivity contribution in [2.24, 2.45) is 0 Å². The Labute approximate surface area is 271 Å². The molecule has 0 saturated heterocycles. The fourth-order valence-corrected chi connectivity index (χ4v) is 7.91. The highest BCUT2D eigenvalue weighted by Gasteiger charge is 2.32. The van der Waals surface area contributed by atoms with E-state index in [2.05, 4.69) is 61.1 Å². The first kappa shape index (κ1) is 30.0. The molecular formula is C26H18N2O4S8. The number of nitrogens with one attached hydrogen (secondary N) is 2. The highest BCUT2D eigenvalue weighted by Crippen LogP contribution is 2.55. The number of rotatable bonds is 4. The monoisotopic (exact) mass is 678 g/mol. The molecule has 0 spiro atoms. The number of benzene rings is 5. The molecule has 0 aliphatic heterocycles. The number of amides is 2. The molecule has 0 bridgehead atoms. The van der Waals surface area contributed by atoms with Crippen LogP contribution in [0.1, 0.15) is 41.4 Å². The lowest BCUT2D eigenvalue weighted by molar-refractivity contribution is 0.0953. The molecule has 5 rings (SSSR count). The minimum atomic E-state index is -0.496. The van der Waals surface area contributed by atoms with Gasteiger partial charge in [0.15, 0.2) is 12.6 Å². The fourth-order valence-electron chi connectivity index (χ4n) is 5.35. The molecule has 5 aromatic carbocycles. The number of carbonyl (C=O) groups excluding carboxylic acids is 4. The van der Waals surface area contributed by atoms with Crippen molar-refractivity contribution in [3.05, 3.63) is 22.3 Å². The van der Waals surface area contributed by atoms with Crippen molar-refractivity contribution in [3.8, 4) is 0 Å². The molecule has 2 amide bonds. The molecule has 0 atom stereocenters. The molecule has 2 N–H and O–H groups in total. The van der Waals surface area contributed by atoms with Crippen LogP contribution >= 0.6 is 101 Å². The van der Waals surface area contributed by atoms with Gasteiger partial charge >= 0.3 is 0 Å². The summed E-state index contributed by atoms with van der Waals surface area (Å²) >= 11 is 37.8. The number of hydrogen-bond acceptors (Lipinski definition) is 12. The fraction of sp³-hybridized carbons (Fsp3) is 0.0769. The Hall–Kier alpha value is -1.52. The zero-order valence-electron chi connectivity index (χ0n) is 20.4. The van der Waals surface area contributed by atoms with Crippen LogP contribution in [0.25, 0.3) is 43.1 Å². The van der Waals surface area contributed by atoms with Crippen molar-refractivity contribution in [1.29, 1.82) is 0 Å². The average Bonchev–Trinajstić information content (AvgIpc) is 2.94. The Morgan fingerprint density at radius 1 is 0.450 bits per heavy atom. The van der Waals surface area contributed by atoms with Crippen molar-refractivity contribution in [2.45, 2.75) is 39.2 Å². The summed E-state index contributed by atoms with van der Waals surface area (Å²) in [4.78, 5) is 53.5. The normalized spacial score (nSPS) is 11.7. The lowest BCUT2D eigenvalue weighted by Gasteiger charge is -2.26. The van der Waals surface area contributed by atoms with Crippen LogP contribution in [0.4, 0.5) is 0 Å². The summed E-state index contributed by atoms with van der Waals surface area (Å²) in [6.45, 7) is 0. The van der Waals surface area contributed by atoms with Crippen LogP contribution < -0.4 is 10.6 Å². The summed E-state index contributed by atoms with van der Waals surface area (Å²) in [5.41, 5.74) is 0.485. The predicted octanol–water partition coefficient (Wildman–Crippen LogP) is 6.39. The van der Waals surface area contributed by atoms with Crippen LogP contribution in [0.3, 0.4) is 0 Å². The number of carbonyl (C=O) groups is 4. The molecule has 0 saturated carbocycles. The topological polar surface area (TPSA) is 92.3 Å². The van der Waals surface area contributed by atoms with Gasteiger partial charge in [-0.3, -0.25) is 19.2 Å². The van der Waals surface area contributed by atoms with E-state index in [0.29, 0.717) is 64.5 Å². The number of thiol groups is 8. The Balaban J connectivity index is 2.41. The van der Waals surface area contributed by atoms with Gasteiger partial charge in [0.2, 0.25) is 0 Å². The minimum absolute atomic E-state index is 0.117. The first-order valence-electron chi connectivity index (χ1n) is 11.2. The molecular weight excluding hydrogens is 661 g/mol. The standard InChI is InChI=1S/C26H18N2O4S8/c1-27-25(31)15-7-5(3-29)17(33)19(35)11-9(7)13(21(37)23(15)39)14-10-8(6(4-30)18(34)20(36)12(10)11)16(26(32)28-2)24(40)22(14)38/h3-4,33-40H,1-2H3,(H,27,31)(H,28,32). The van der Waals surface area contributed by atoms with Crippen LogP contribution in [0.15, 0.2) is 39.2 Å². The van der Waals surface area contributed by atoms with E-state index in [1.165, 1.54) is 14.1 Å². The second-order valence-electron chi connectivity index (χ2n) is 8.76. The van der Waals surface area contributed by atoms with Crippen molar-refractivity contribution >= 4 is 169 Å². The van der Waals surface area contributed by atoms with E-state index in [4.69, 9.17) is 50.5 Å². The highest BCUT2D eigenvalue weighted by molar-refractivity contribution is 7.85. The van der Waals surface area contributed by atoms with Gasteiger partial charge in [-0.05, 0) is 0 Å². The first-order valence-corrected chi connectivity index (χ1v) is 14.8. The zero-order valence-corrected chi connectivity index (χ0v) is 27.5. The van der Waals surface area contributed by atoms with Gasteiger partial charge in [0.05, 0.1) is 11.1 Å². The summed E-state index contributed by atoms with van der Waals surface area (Å²) in [5, 5.41) is 8.55. The van der Waals surface area contributed by atoms with Crippen LogP contribution in [0.2, 0.25) is 0 Å². The molecule has 0 radical (unpaired) electrons. The maximum absolute atomic E-state index is 13.2. The van der Waals surface area contributed by atoms with Gasteiger partial charge in [-0.2, -0.15) is 0 Å². The molecule has 0 fully saturated rings. The second kappa shape index (κ2) is 10.6. The van der Waals surface area contributed by atoms with Gasteiger partial charge in [-0.15, -0.1) is 101 Å². The molecule has 6 nitrogen and oxygen atoms in total. The van der Waals surface area contributed by atoms with Crippen molar-refractivity contribution in [1.82, 2.24) is 10.6 Å². The summed E-state index contributed by atoms with van der Waals surface area (Å²) in [6, 6.07) is 0. The average molecular weight is 679 g/mol. The molecule has 0 unspecified atom stereocenters. The van der Waals surface area contributed by atoms with E-state index >= 15 is 0 Å². The van der Waals surface area contributed by atoms with Gasteiger partial charge < -0.3 is 10.6 Å². The molecule has 40 heavy (non-hydrogen) atoms. The highest BCUT2D eigenvalue weighted by atomic mass is 32.1. The van der Waals surface area contributed by atoms with Gasteiger partial charge in [0.25, 0.3) is 11.8 Å². The van der Waals surface area contributed by atoms with E-state index in [1.807, 2.05) is 0 Å². The molecule has 14 heteroatoms. The Morgan fingerprint density at radius 3 is 0.975 bits per heavy atom. The molecule has 5 aromatic rings. The third-order valence-electron chi connectivity index (χ3n) is 7.01. The van der Waals surface area contributed by atoms with E-state index in [-0.39, 0.29) is 52.6 Å². The lowest BCUT2D eigenvalue weighted by atomic mass is 9.83. The molecule has 0 aliphatic rings. The Bertz CT molecular complexity index is 1880. The van der Waals surface area contributed by atoms with E-state index in [0.717, 1.165) is 0 Å². The largest absolute Gasteiger partial charge is 0.355 e. The van der Waals surface area contributed by atoms with Gasteiger partial charge in [-0.25, -0.2) is 0 Å². The molecule has 0 aromatic heterocycles. The van der Waals surface area contributed by atoms with Crippen LogP contribution in [-0.4, -0.2) is 38.5 Å². The number of aldehydes is 2. The second-order valence-corrected chi connectivity index (χ2v) is 12.3. The summed E-state index contributed by atoms with van der Waals surface area (Å²) in [5.74, 6) is -0.991. The van der Waals surface area contributed by atoms with Crippen LogP contribution in [-0.2, 0) is 0 Å². The number of fused-ring (bicyclic) bond motifs is 2. The lowest BCUT2D eigenvalue weighted by Crippen LogP contribution is -2.20. The van der Waals surface area contributed by atoms with Crippen LogP contribution in [0.5, 0.6) is 0 Å². The smallest absolute Gasteiger partial charge is 0.252 e. The number of hydrogen-bond donors (Lipinski definition) is 10. The summed E-state index contributed by atoms with van der Waals surface area (Å²) < 4.78 is 0. The van der Waals surface area contributed by atoms with Gasteiger partial charge in [0.1, 0.15) is 0 Å². The van der Waals surface area contributed by atoms with E-state index < -0.39 is 11.8 Å². The van der Waals surface area contributed by atoms with Crippen molar-refractivity contribution < 1.29 is 19.2 Å². The summed E-state index contributed by atoms with van der Waals surface area (Å²) in [7, 11) is 2.93. The molecule has 0 aliphatic carbocycles. The predicted molar refractivity (Wildman–Crippen MR) is 183 cm³/mol.